The molecule has 0 aliphatic heterocycles. The van der Waals surface area contributed by atoms with Crippen LogP contribution in [0.4, 0.5) is 0 Å². The molecule has 14 heteroatoms. The number of carbonyl (C=O) groups is 1. The number of phosphoric ester groups is 1. The normalized spacial score (nSPS) is 23.4. The molecule has 0 bridgehead atoms. The first-order chi connectivity index (χ1) is 28.8. The van der Waals surface area contributed by atoms with Gasteiger partial charge in [-0.15, -0.1) is 0 Å². The summed E-state index contributed by atoms with van der Waals surface area (Å²) in [6.45, 7) is 3.79. The lowest BCUT2D eigenvalue weighted by molar-refractivity contribution is -0.220. The Morgan fingerprint density at radius 1 is 0.567 bits per heavy atom. The van der Waals surface area contributed by atoms with Gasteiger partial charge in [-0.25, -0.2) is 4.57 Å². The molecule has 0 spiro atoms. The van der Waals surface area contributed by atoms with Crippen molar-refractivity contribution in [3.8, 4) is 0 Å². The number of allylic oxidation sites excluding steroid dienone is 2. The molecule has 0 aromatic heterocycles. The van der Waals surface area contributed by atoms with Crippen LogP contribution in [0.5, 0.6) is 0 Å². The Morgan fingerprint density at radius 2 is 0.933 bits per heavy atom. The fraction of sp³-hybridized carbons (Fsp3) is 0.935. The minimum atomic E-state index is -5.12. The van der Waals surface area contributed by atoms with Crippen molar-refractivity contribution < 1.29 is 59.0 Å². The molecule has 0 heterocycles. The third-order valence-electron chi connectivity index (χ3n) is 11.9. The first kappa shape index (κ1) is 57.1. The Labute approximate surface area is 363 Å². The van der Waals surface area contributed by atoms with Crippen LogP contribution in [-0.4, -0.2) is 108 Å². The van der Waals surface area contributed by atoms with Gasteiger partial charge in [-0.1, -0.05) is 180 Å². The lowest BCUT2D eigenvalue weighted by Gasteiger charge is -2.41. The van der Waals surface area contributed by atoms with Gasteiger partial charge in [0.25, 0.3) is 0 Å². The Hall–Kier alpha value is -0.960. The van der Waals surface area contributed by atoms with Crippen LogP contribution >= 0.6 is 7.82 Å². The standard InChI is InChI=1S/C46H90NO12P/c1-3-5-7-9-11-13-15-17-19-21-23-25-27-29-31-33-37(48)35-40(50)47-38(36-58-60(56,57)59-46-44(54)42(52)41(51)43(53)45(46)55)39(49)34-32-30-28-26-24-22-20-18-16-14-12-10-8-6-4-2/h17,19,37-39,41-46,48-49,51-55H,3-16,18,20-36H2,1-2H3,(H,47,50)(H,56,57)/b19-17-. The summed E-state index contributed by atoms with van der Waals surface area (Å²) in [5, 5.41) is 74.7. The molecule has 0 aromatic rings. The van der Waals surface area contributed by atoms with Crippen LogP contribution in [0.2, 0.25) is 0 Å². The molecule has 9 N–H and O–H groups in total. The number of amides is 1. The summed E-state index contributed by atoms with van der Waals surface area (Å²) in [5.74, 6) is -0.563. The Kier molecular flexibility index (Phi) is 34.6. The number of hydrogen-bond acceptors (Lipinski definition) is 11. The van der Waals surface area contributed by atoms with Crippen LogP contribution in [0, 0.1) is 0 Å². The van der Waals surface area contributed by atoms with Crippen molar-refractivity contribution in [2.24, 2.45) is 0 Å². The lowest BCUT2D eigenvalue weighted by atomic mass is 9.85. The van der Waals surface area contributed by atoms with Gasteiger partial charge < -0.3 is 46.0 Å². The molecule has 1 aliphatic carbocycles. The van der Waals surface area contributed by atoms with Crippen LogP contribution in [0.15, 0.2) is 12.2 Å². The predicted octanol–water partition coefficient (Wildman–Crippen LogP) is 8.20. The Balaban J connectivity index is 2.51. The number of carbonyl (C=O) groups excluding carboxylic acids is 1. The number of rotatable bonds is 40. The zero-order valence-electron chi connectivity index (χ0n) is 37.6. The Morgan fingerprint density at radius 3 is 1.37 bits per heavy atom. The van der Waals surface area contributed by atoms with Crippen molar-refractivity contribution in [3.05, 3.63) is 12.2 Å². The van der Waals surface area contributed by atoms with Gasteiger partial charge in [0, 0.05) is 0 Å². The van der Waals surface area contributed by atoms with Gasteiger partial charge in [0.2, 0.25) is 5.91 Å². The molecule has 13 nitrogen and oxygen atoms in total. The molecule has 0 saturated heterocycles. The quantitative estimate of drug-likeness (QED) is 0.0161. The number of aliphatic hydroxyl groups is 7. The first-order valence-corrected chi connectivity index (χ1v) is 25.7. The van der Waals surface area contributed by atoms with Gasteiger partial charge in [0.1, 0.15) is 36.6 Å². The van der Waals surface area contributed by atoms with E-state index in [1.165, 1.54) is 103 Å². The first-order valence-electron chi connectivity index (χ1n) is 24.2. The second-order valence-corrected chi connectivity index (χ2v) is 18.9. The molecule has 0 aromatic carbocycles. The number of hydrogen-bond donors (Lipinski definition) is 9. The smallest absolute Gasteiger partial charge is 0.393 e. The molecule has 60 heavy (non-hydrogen) atoms. The van der Waals surface area contributed by atoms with Crippen molar-refractivity contribution in [2.45, 2.75) is 268 Å². The van der Waals surface area contributed by atoms with Crippen molar-refractivity contribution in [1.82, 2.24) is 5.32 Å². The van der Waals surface area contributed by atoms with E-state index in [2.05, 4.69) is 31.3 Å². The molecule has 8 atom stereocenters. The third-order valence-corrected chi connectivity index (χ3v) is 12.9. The summed E-state index contributed by atoms with van der Waals surface area (Å²) in [5.41, 5.74) is 0. The molecule has 0 radical (unpaired) electrons. The maximum absolute atomic E-state index is 13.0. The van der Waals surface area contributed by atoms with Crippen LogP contribution in [0.25, 0.3) is 0 Å². The van der Waals surface area contributed by atoms with E-state index in [0.717, 1.165) is 70.6 Å². The van der Waals surface area contributed by atoms with Crippen LogP contribution < -0.4 is 5.32 Å². The van der Waals surface area contributed by atoms with E-state index in [1.54, 1.807) is 0 Å². The molecule has 356 valence electrons. The molecule has 8 unspecified atom stereocenters. The summed E-state index contributed by atoms with van der Waals surface area (Å²) >= 11 is 0. The average Bonchev–Trinajstić information content (AvgIpc) is 3.22. The summed E-state index contributed by atoms with van der Waals surface area (Å²) in [4.78, 5) is 23.5. The molecular weight excluding hydrogens is 789 g/mol. The third kappa shape index (κ3) is 28.0. The van der Waals surface area contributed by atoms with Crippen molar-refractivity contribution in [3.63, 3.8) is 0 Å². The van der Waals surface area contributed by atoms with E-state index < -0.39 is 75.2 Å². The average molecular weight is 880 g/mol. The second-order valence-electron chi connectivity index (χ2n) is 17.5. The number of nitrogens with one attached hydrogen (secondary N) is 1. The van der Waals surface area contributed by atoms with Crippen molar-refractivity contribution in [2.75, 3.05) is 6.61 Å². The monoisotopic (exact) mass is 880 g/mol. The lowest BCUT2D eigenvalue weighted by Crippen LogP contribution is -2.64. The maximum Gasteiger partial charge on any atom is 0.472 e. The molecule has 1 amide bonds. The zero-order valence-corrected chi connectivity index (χ0v) is 38.5. The highest BCUT2D eigenvalue weighted by Gasteiger charge is 2.51. The minimum Gasteiger partial charge on any atom is -0.393 e. The summed E-state index contributed by atoms with van der Waals surface area (Å²) < 4.78 is 22.9. The zero-order chi connectivity index (χ0) is 44.4. The van der Waals surface area contributed by atoms with Gasteiger partial charge in [0.15, 0.2) is 0 Å². The van der Waals surface area contributed by atoms with Crippen LogP contribution in [-0.2, 0) is 18.4 Å². The number of unbranched alkanes of at least 4 members (excludes halogenated alkanes) is 25. The van der Waals surface area contributed by atoms with E-state index in [-0.39, 0.29) is 12.8 Å². The predicted molar refractivity (Wildman–Crippen MR) is 238 cm³/mol. The molecule has 1 saturated carbocycles. The van der Waals surface area contributed by atoms with Crippen molar-refractivity contribution in [1.29, 1.82) is 0 Å². The van der Waals surface area contributed by atoms with Crippen molar-refractivity contribution >= 4 is 13.7 Å². The summed E-state index contributed by atoms with van der Waals surface area (Å²) in [7, 11) is -5.12. The van der Waals surface area contributed by atoms with Gasteiger partial charge in [-0.2, -0.15) is 0 Å². The van der Waals surface area contributed by atoms with Gasteiger partial charge in [0.05, 0.1) is 31.3 Å². The van der Waals surface area contributed by atoms with E-state index in [0.29, 0.717) is 12.8 Å². The van der Waals surface area contributed by atoms with Crippen LogP contribution in [0.3, 0.4) is 0 Å². The summed E-state index contributed by atoms with van der Waals surface area (Å²) in [6.07, 6.45) is 23.9. The Bertz CT molecular complexity index is 1090. The fourth-order valence-electron chi connectivity index (χ4n) is 7.89. The molecule has 1 aliphatic rings. The largest absolute Gasteiger partial charge is 0.472 e. The fourth-order valence-corrected chi connectivity index (χ4v) is 8.85. The van der Waals surface area contributed by atoms with Gasteiger partial charge in [-0.3, -0.25) is 13.8 Å². The highest BCUT2D eigenvalue weighted by Crippen LogP contribution is 2.47. The van der Waals surface area contributed by atoms with E-state index in [1.807, 2.05) is 0 Å². The minimum absolute atomic E-state index is 0.225. The SMILES string of the molecule is CCCCCCCC/C=C\CCCCCCCC(O)CC(=O)NC(COP(=O)(O)OC1C(O)C(O)C(O)C(O)C1O)C(O)CCCCCCCCCCCCCCCCC. The number of aliphatic hydroxyl groups excluding tert-OH is 7. The highest BCUT2D eigenvalue weighted by molar-refractivity contribution is 7.47. The van der Waals surface area contributed by atoms with Gasteiger partial charge in [-0.05, 0) is 38.5 Å². The molecule has 1 fully saturated rings. The molecule has 1 rings (SSSR count). The van der Waals surface area contributed by atoms with Gasteiger partial charge >= 0.3 is 7.82 Å². The second kappa shape index (κ2) is 36.4. The van der Waals surface area contributed by atoms with Crippen LogP contribution in [0.1, 0.15) is 213 Å². The number of phosphoric acid groups is 1. The maximum atomic E-state index is 13.0. The van der Waals surface area contributed by atoms with E-state index >= 15 is 0 Å². The summed E-state index contributed by atoms with van der Waals surface area (Å²) in [6, 6.07) is -1.15. The molecular formula is C46H90NO12P. The van der Waals surface area contributed by atoms with E-state index in [9.17, 15) is 50.0 Å². The van der Waals surface area contributed by atoms with E-state index in [4.69, 9.17) is 9.05 Å². The highest BCUT2D eigenvalue weighted by atomic mass is 31.2. The topological polar surface area (TPSA) is 226 Å².